The summed E-state index contributed by atoms with van der Waals surface area (Å²) in [6.07, 6.45) is -0.250. The van der Waals surface area contributed by atoms with Gasteiger partial charge < -0.3 is 14.2 Å². The number of carbonyl (C=O) groups is 2. The number of ether oxygens (including phenoxy) is 3. The highest BCUT2D eigenvalue weighted by Crippen LogP contribution is 2.15. The van der Waals surface area contributed by atoms with Crippen LogP contribution >= 0.6 is 0 Å². The Hall–Kier alpha value is -2.04. The molecule has 1 aliphatic heterocycles. The summed E-state index contributed by atoms with van der Waals surface area (Å²) in [5.41, 5.74) is 2.58. The van der Waals surface area contributed by atoms with Crippen LogP contribution in [0.3, 0.4) is 0 Å². The van der Waals surface area contributed by atoms with E-state index in [4.69, 9.17) is 4.74 Å². The van der Waals surface area contributed by atoms with Gasteiger partial charge in [-0.3, -0.25) is 9.59 Å². The van der Waals surface area contributed by atoms with Crippen LogP contribution in [0.2, 0.25) is 0 Å². The Morgan fingerprint density at radius 2 is 1.67 bits per heavy atom. The summed E-state index contributed by atoms with van der Waals surface area (Å²) in [5, 5.41) is 0. The van der Waals surface area contributed by atoms with Crippen molar-refractivity contribution in [3.8, 4) is 5.75 Å². The van der Waals surface area contributed by atoms with Gasteiger partial charge in [0, 0.05) is 0 Å². The van der Waals surface area contributed by atoms with E-state index >= 15 is 0 Å². The van der Waals surface area contributed by atoms with E-state index in [1.165, 1.54) is 11.1 Å². The molecular formula is C13H16O5. The zero-order valence-electron chi connectivity index (χ0n) is 10.7. The van der Waals surface area contributed by atoms with Crippen molar-refractivity contribution >= 4 is 11.9 Å². The van der Waals surface area contributed by atoms with Crippen molar-refractivity contribution in [2.45, 2.75) is 20.3 Å². The van der Waals surface area contributed by atoms with Gasteiger partial charge in [0.15, 0.2) is 0 Å². The molecule has 0 bridgehead atoms. The molecule has 1 aromatic carbocycles. The van der Waals surface area contributed by atoms with Crippen molar-refractivity contribution in [3.05, 3.63) is 29.3 Å². The van der Waals surface area contributed by atoms with Gasteiger partial charge in [-0.25, -0.2) is 0 Å². The van der Waals surface area contributed by atoms with Gasteiger partial charge >= 0.3 is 11.9 Å². The van der Waals surface area contributed by atoms with Crippen molar-refractivity contribution in [2.75, 3.05) is 13.9 Å². The zero-order chi connectivity index (χ0) is 13.5. The molecule has 98 valence electrons. The van der Waals surface area contributed by atoms with Gasteiger partial charge in [0.25, 0.3) is 0 Å². The molecule has 5 heteroatoms. The molecule has 0 aliphatic carbocycles. The average Bonchev–Trinajstić information content (AvgIpc) is 2.33. The molecule has 18 heavy (non-hydrogen) atoms. The first-order valence-corrected chi connectivity index (χ1v) is 5.45. The molecule has 0 atom stereocenters. The number of rotatable bonds is 1. The SMILES string of the molecule is COc1ccc(C)c(C)c1.O=C1CC(=O)OCO1. The van der Waals surface area contributed by atoms with Crippen LogP contribution in [0, 0.1) is 13.8 Å². The van der Waals surface area contributed by atoms with E-state index in [1.807, 2.05) is 12.1 Å². The third-order valence-corrected chi connectivity index (χ3v) is 2.44. The summed E-state index contributed by atoms with van der Waals surface area (Å²) < 4.78 is 13.6. The first kappa shape index (κ1) is 14.0. The van der Waals surface area contributed by atoms with Crippen molar-refractivity contribution in [2.24, 2.45) is 0 Å². The number of aryl methyl sites for hydroxylation is 2. The molecule has 0 N–H and O–H groups in total. The fourth-order valence-corrected chi connectivity index (χ4v) is 1.22. The Kier molecular flexibility index (Phi) is 5.17. The van der Waals surface area contributed by atoms with Crippen LogP contribution in [0.1, 0.15) is 17.5 Å². The Balaban J connectivity index is 0.000000184. The molecule has 1 heterocycles. The molecule has 0 aromatic heterocycles. The zero-order valence-corrected chi connectivity index (χ0v) is 10.7. The van der Waals surface area contributed by atoms with Gasteiger partial charge in [0.2, 0.25) is 6.79 Å². The van der Waals surface area contributed by atoms with Gasteiger partial charge in [-0.1, -0.05) is 6.07 Å². The number of esters is 2. The molecule has 5 nitrogen and oxygen atoms in total. The minimum atomic E-state index is -0.513. The maximum atomic E-state index is 10.2. The van der Waals surface area contributed by atoms with Gasteiger partial charge in [-0.15, -0.1) is 0 Å². The first-order chi connectivity index (χ1) is 8.52. The number of carbonyl (C=O) groups excluding carboxylic acids is 2. The third-order valence-electron chi connectivity index (χ3n) is 2.44. The van der Waals surface area contributed by atoms with E-state index in [0.717, 1.165) is 5.75 Å². The number of methoxy groups -OCH3 is 1. The minimum absolute atomic E-state index is 0.225. The molecule has 0 radical (unpaired) electrons. The normalized spacial score (nSPS) is 13.9. The van der Waals surface area contributed by atoms with Crippen molar-refractivity contribution < 1.29 is 23.8 Å². The topological polar surface area (TPSA) is 61.8 Å². The predicted molar refractivity (Wildman–Crippen MR) is 64.1 cm³/mol. The number of hydrogen-bond acceptors (Lipinski definition) is 5. The molecule has 1 aliphatic rings. The van der Waals surface area contributed by atoms with Crippen LogP contribution in [0.5, 0.6) is 5.75 Å². The minimum Gasteiger partial charge on any atom is -0.497 e. The second kappa shape index (κ2) is 6.64. The maximum Gasteiger partial charge on any atom is 0.320 e. The quantitative estimate of drug-likeness (QED) is 0.563. The van der Waals surface area contributed by atoms with E-state index in [9.17, 15) is 9.59 Å². The molecule has 0 spiro atoms. The van der Waals surface area contributed by atoms with Crippen molar-refractivity contribution in [3.63, 3.8) is 0 Å². The van der Waals surface area contributed by atoms with Gasteiger partial charge in [-0.05, 0) is 37.1 Å². The lowest BCUT2D eigenvalue weighted by atomic mass is 10.1. The molecule has 1 fully saturated rings. The Labute approximate surface area is 106 Å². The van der Waals surface area contributed by atoms with Crippen LogP contribution in [0.4, 0.5) is 0 Å². The summed E-state index contributed by atoms with van der Waals surface area (Å²) in [7, 11) is 1.68. The maximum absolute atomic E-state index is 10.2. The van der Waals surface area contributed by atoms with Crippen molar-refractivity contribution in [1.29, 1.82) is 0 Å². The van der Waals surface area contributed by atoms with Crippen LogP contribution in [-0.4, -0.2) is 25.8 Å². The number of hydrogen-bond donors (Lipinski definition) is 0. The van der Waals surface area contributed by atoms with Crippen LogP contribution in [0.15, 0.2) is 18.2 Å². The smallest absolute Gasteiger partial charge is 0.320 e. The van der Waals surface area contributed by atoms with E-state index in [-0.39, 0.29) is 13.2 Å². The van der Waals surface area contributed by atoms with Crippen molar-refractivity contribution in [1.82, 2.24) is 0 Å². The second-order valence-corrected chi connectivity index (χ2v) is 3.78. The van der Waals surface area contributed by atoms with Crippen LogP contribution < -0.4 is 4.74 Å². The predicted octanol–water partition coefficient (Wildman–Crippen LogP) is 1.75. The molecule has 0 unspecified atom stereocenters. The first-order valence-electron chi connectivity index (χ1n) is 5.45. The third kappa shape index (κ3) is 4.45. The number of cyclic esters (lactones) is 2. The summed E-state index contributed by atoms with van der Waals surface area (Å²) in [4.78, 5) is 20.3. The largest absolute Gasteiger partial charge is 0.497 e. The highest BCUT2D eigenvalue weighted by molar-refractivity contribution is 5.92. The monoisotopic (exact) mass is 252 g/mol. The fraction of sp³-hybridized carbons (Fsp3) is 0.385. The van der Waals surface area contributed by atoms with E-state index in [2.05, 4.69) is 29.4 Å². The molecular weight excluding hydrogens is 236 g/mol. The number of benzene rings is 1. The molecule has 0 saturated carbocycles. The summed E-state index contributed by atoms with van der Waals surface area (Å²) >= 11 is 0. The Bertz CT molecular complexity index is 425. The highest BCUT2D eigenvalue weighted by atomic mass is 16.7. The van der Waals surface area contributed by atoms with Crippen LogP contribution in [-0.2, 0) is 19.1 Å². The molecule has 2 rings (SSSR count). The van der Waals surface area contributed by atoms with Gasteiger partial charge in [0.05, 0.1) is 7.11 Å². The lowest BCUT2D eigenvalue weighted by Gasteiger charge is -2.09. The lowest BCUT2D eigenvalue weighted by molar-refractivity contribution is -0.181. The fourth-order valence-electron chi connectivity index (χ4n) is 1.22. The van der Waals surface area contributed by atoms with Gasteiger partial charge in [-0.2, -0.15) is 0 Å². The summed E-state index contributed by atoms with van der Waals surface area (Å²) in [6, 6.07) is 6.08. The molecule has 0 amide bonds. The second-order valence-electron chi connectivity index (χ2n) is 3.78. The van der Waals surface area contributed by atoms with Gasteiger partial charge in [0.1, 0.15) is 12.2 Å². The molecule has 1 saturated heterocycles. The lowest BCUT2D eigenvalue weighted by Crippen LogP contribution is -2.22. The van der Waals surface area contributed by atoms with E-state index in [0.29, 0.717) is 0 Å². The summed E-state index contributed by atoms with van der Waals surface area (Å²) in [5.74, 6) is -0.0920. The summed E-state index contributed by atoms with van der Waals surface area (Å²) in [6.45, 7) is 3.95. The van der Waals surface area contributed by atoms with E-state index < -0.39 is 11.9 Å². The highest BCUT2D eigenvalue weighted by Gasteiger charge is 2.17. The molecule has 1 aromatic rings. The van der Waals surface area contributed by atoms with E-state index in [1.54, 1.807) is 7.11 Å². The average molecular weight is 252 g/mol. The van der Waals surface area contributed by atoms with Crippen LogP contribution in [0.25, 0.3) is 0 Å². The standard InChI is InChI=1S/C9H12O.C4H4O4/c1-7-4-5-9(10-3)6-8(7)2;5-3-1-4(6)8-2-7-3/h4-6H,1-3H3;1-2H2. The Morgan fingerprint density at radius 1 is 1.06 bits per heavy atom. The Morgan fingerprint density at radius 3 is 2.06 bits per heavy atom.